The van der Waals surface area contributed by atoms with Crippen molar-refractivity contribution in [2.24, 2.45) is 0 Å². The number of rotatable bonds is 1. The van der Waals surface area contributed by atoms with E-state index in [1.54, 1.807) is 17.0 Å². The molecule has 19 heavy (non-hydrogen) atoms. The van der Waals surface area contributed by atoms with Gasteiger partial charge in [-0.1, -0.05) is 30.3 Å². The van der Waals surface area contributed by atoms with Gasteiger partial charge in [0.15, 0.2) is 0 Å². The van der Waals surface area contributed by atoms with Crippen LogP contribution in [0.2, 0.25) is 0 Å². The number of carbonyl (C=O) groups is 1. The molecule has 0 atom stereocenters. The van der Waals surface area contributed by atoms with Gasteiger partial charge < -0.3 is 10.0 Å². The molecule has 3 rings (SSSR count). The van der Waals surface area contributed by atoms with Gasteiger partial charge >= 0.3 is 0 Å². The Kier molecular flexibility index (Phi) is 2.75. The quantitative estimate of drug-likeness (QED) is 0.849. The average molecular weight is 253 g/mol. The van der Waals surface area contributed by atoms with Crippen molar-refractivity contribution in [3.63, 3.8) is 0 Å². The lowest BCUT2D eigenvalue weighted by Crippen LogP contribution is -2.25. The Morgan fingerprint density at radius 2 is 1.74 bits per heavy atom. The van der Waals surface area contributed by atoms with E-state index >= 15 is 0 Å². The van der Waals surface area contributed by atoms with Gasteiger partial charge in [0, 0.05) is 13.1 Å². The van der Waals surface area contributed by atoms with Gasteiger partial charge in [-0.05, 0) is 35.7 Å². The molecule has 0 spiro atoms. The summed E-state index contributed by atoms with van der Waals surface area (Å²) >= 11 is 0. The summed E-state index contributed by atoms with van der Waals surface area (Å²) in [6.07, 6.45) is 0. The van der Waals surface area contributed by atoms with Crippen LogP contribution in [0.15, 0.2) is 42.5 Å². The number of benzene rings is 2. The normalized spacial score (nSPS) is 13.4. The number of amides is 1. The number of fused-ring (bicyclic) bond motifs is 1. The fourth-order valence-corrected chi connectivity index (χ4v) is 2.47. The molecule has 0 fully saturated rings. The van der Waals surface area contributed by atoms with Gasteiger partial charge in [-0.15, -0.1) is 0 Å². The van der Waals surface area contributed by atoms with Crippen LogP contribution in [0.4, 0.5) is 0 Å². The van der Waals surface area contributed by atoms with E-state index in [-0.39, 0.29) is 11.7 Å². The zero-order valence-corrected chi connectivity index (χ0v) is 10.8. The zero-order valence-electron chi connectivity index (χ0n) is 10.8. The molecule has 3 nitrogen and oxygen atoms in total. The predicted molar refractivity (Wildman–Crippen MR) is 72.9 cm³/mol. The van der Waals surface area contributed by atoms with E-state index < -0.39 is 0 Å². The molecular weight excluding hydrogens is 238 g/mol. The monoisotopic (exact) mass is 253 g/mol. The Morgan fingerprint density at radius 3 is 2.32 bits per heavy atom. The second-order valence-corrected chi connectivity index (χ2v) is 4.95. The summed E-state index contributed by atoms with van der Waals surface area (Å²) in [5.41, 5.74) is 3.68. The third kappa shape index (κ3) is 2.08. The highest BCUT2D eigenvalue weighted by Gasteiger charge is 2.25. The highest BCUT2D eigenvalue weighted by molar-refractivity contribution is 5.97. The van der Waals surface area contributed by atoms with Crippen LogP contribution < -0.4 is 0 Å². The smallest absolute Gasteiger partial charge is 0.258 e. The fourth-order valence-electron chi connectivity index (χ4n) is 2.47. The summed E-state index contributed by atoms with van der Waals surface area (Å²) in [6, 6.07) is 13.2. The SMILES string of the molecule is Cc1ccc(C(=O)N2Cc3ccccc3C2)c(O)c1. The third-order valence-electron chi connectivity index (χ3n) is 3.51. The van der Waals surface area contributed by atoms with E-state index in [1.807, 2.05) is 37.3 Å². The molecule has 1 aliphatic rings. The molecule has 1 N–H and O–H groups in total. The van der Waals surface area contributed by atoms with E-state index in [2.05, 4.69) is 0 Å². The molecule has 0 radical (unpaired) electrons. The van der Waals surface area contributed by atoms with E-state index in [0.29, 0.717) is 18.7 Å². The maximum atomic E-state index is 12.4. The second-order valence-electron chi connectivity index (χ2n) is 4.95. The topological polar surface area (TPSA) is 40.5 Å². The Hall–Kier alpha value is -2.29. The maximum absolute atomic E-state index is 12.4. The van der Waals surface area contributed by atoms with Crippen molar-refractivity contribution in [3.05, 3.63) is 64.7 Å². The molecule has 96 valence electrons. The predicted octanol–water partition coefficient (Wildman–Crippen LogP) is 2.86. The Bertz CT molecular complexity index is 624. The highest BCUT2D eigenvalue weighted by atomic mass is 16.3. The van der Waals surface area contributed by atoms with Crippen LogP contribution in [0.1, 0.15) is 27.0 Å². The second kappa shape index (κ2) is 4.43. The summed E-state index contributed by atoms with van der Waals surface area (Å²) in [7, 11) is 0. The molecule has 0 bridgehead atoms. The largest absolute Gasteiger partial charge is 0.507 e. The standard InChI is InChI=1S/C16H15NO2/c1-11-6-7-14(15(18)8-11)16(19)17-9-12-4-2-3-5-13(12)10-17/h2-8,18H,9-10H2,1H3. The van der Waals surface area contributed by atoms with Gasteiger partial charge in [0.05, 0.1) is 5.56 Å². The van der Waals surface area contributed by atoms with Crippen molar-refractivity contribution >= 4 is 5.91 Å². The first-order valence-electron chi connectivity index (χ1n) is 6.31. The van der Waals surface area contributed by atoms with Crippen molar-refractivity contribution < 1.29 is 9.90 Å². The summed E-state index contributed by atoms with van der Waals surface area (Å²) < 4.78 is 0. The molecular formula is C16H15NO2. The van der Waals surface area contributed by atoms with Crippen LogP contribution in [-0.4, -0.2) is 15.9 Å². The Morgan fingerprint density at radius 1 is 1.11 bits per heavy atom. The minimum atomic E-state index is -0.117. The number of aromatic hydroxyl groups is 1. The van der Waals surface area contributed by atoms with Crippen LogP contribution in [0.25, 0.3) is 0 Å². The molecule has 2 aromatic rings. The van der Waals surface area contributed by atoms with Crippen molar-refractivity contribution in [2.75, 3.05) is 0 Å². The van der Waals surface area contributed by atoms with Crippen molar-refractivity contribution in [2.45, 2.75) is 20.0 Å². The van der Waals surface area contributed by atoms with Crippen LogP contribution in [0.5, 0.6) is 5.75 Å². The Balaban J connectivity index is 1.87. The first-order chi connectivity index (χ1) is 9.15. The summed E-state index contributed by atoms with van der Waals surface area (Å²) in [4.78, 5) is 14.2. The molecule has 1 aliphatic heterocycles. The van der Waals surface area contributed by atoms with Crippen molar-refractivity contribution in [1.29, 1.82) is 0 Å². The molecule has 2 aromatic carbocycles. The lowest BCUT2D eigenvalue weighted by Gasteiger charge is -2.16. The maximum Gasteiger partial charge on any atom is 0.258 e. The molecule has 3 heteroatoms. The Labute approximate surface area is 112 Å². The number of phenolic OH excluding ortho intramolecular Hbond substituents is 1. The van der Waals surface area contributed by atoms with Crippen LogP contribution >= 0.6 is 0 Å². The van der Waals surface area contributed by atoms with Crippen LogP contribution in [0, 0.1) is 6.92 Å². The van der Waals surface area contributed by atoms with E-state index in [9.17, 15) is 9.90 Å². The first-order valence-corrected chi connectivity index (χ1v) is 6.31. The molecule has 0 aliphatic carbocycles. The number of hydrogen-bond donors (Lipinski definition) is 1. The fraction of sp³-hybridized carbons (Fsp3) is 0.188. The van der Waals surface area contributed by atoms with E-state index in [4.69, 9.17) is 0 Å². The van der Waals surface area contributed by atoms with Gasteiger partial charge in [-0.3, -0.25) is 4.79 Å². The molecule has 0 aromatic heterocycles. The van der Waals surface area contributed by atoms with Gasteiger partial charge in [0.1, 0.15) is 5.75 Å². The zero-order chi connectivity index (χ0) is 13.4. The van der Waals surface area contributed by atoms with Crippen LogP contribution in [-0.2, 0) is 13.1 Å². The number of phenols is 1. The number of aryl methyl sites for hydroxylation is 1. The van der Waals surface area contributed by atoms with Crippen molar-refractivity contribution in [3.8, 4) is 5.75 Å². The summed E-state index contributed by atoms with van der Waals surface area (Å²) in [5, 5.41) is 9.89. The van der Waals surface area contributed by atoms with Gasteiger partial charge in [0.25, 0.3) is 5.91 Å². The summed E-state index contributed by atoms with van der Waals surface area (Å²) in [6.45, 7) is 3.12. The van der Waals surface area contributed by atoms with Gasteiger partial charge in [-0.2, -0.15) is 0 Å². The minimum Gasteiger partial charge on any atom is -0.507 e. The van der Waals surface area contributed by atoms with Crippen LogP contribution in [0.3, 0.4) is 0 Å². The lowest BCUT2D eigenvalue weighted by atomic mass is 10.1. The van der Waals surface area contributed by atoms with Gasteiger partial charge in [-0.25, -0.2) is 0 Å². The minimum absolute atomic E-state index is 0.0564. The molecule has 0 saturated heterocycles. The lowest BCUT2D eigenvalue weighted by molar-refractivity contribution is 0.0748. The van der Waals surface area contributed by atoms with Gasteiger partial charge in [0.2, 0.25) is 0 Å². The number of carbonyl (C=O) groups excluding carboxylic acids is 1. The molecule has 0 saturated carbocycles. The highest BCUT2D eigenvalue weighted by Crippen LogP contribution is 2.27. The molecule has 1 amide bonds. The first kappa shape index (κ1) is 11.8. The van der Waals surface area contributed by atoms with E-state index in [1.165, 1.54) is 11.1 Å². The molecule has 1 heterocycles. The molecule has 0 unspecified atom stereocenters. The average Bonchev–Trinajstić information content (AvgIpc) is 2.81. The third-order valence-corrected chi connectivity index (χ3v) is 3.51. The number of nitrogens with zero attached hydrogens (tertiary/aromatic N) is 1. The number of hydrogen-bond acceptors (Lipinski definition) is 2. The van der Waals surface area contributed by atoms with Crippen molar-refractivity contribution in [1.82, 2.24) is 4.90 Å². The van der Waals surface area contributed by atoms with E-state index in [0.717, 1.165) is 5.56 Å². The summed E-state index contributed by atoms with van der Waals surface area (Å²) in [5.74, 6) is -0.0605.